The SMILES string of the molecule is C.C.CC(C)(C)C(C(C)(C)C)C(C)(C)C. The molecule has 0 radical (unpaired) electrons. The molecule has 0 saturated carbocycles. The maximum Gasteiger partial charge on any atom is -0.0268 e. The summed E-state index contributed by atoms with van der Waals surface area (Å²) in [6, 6.07) is 0. The van der Waals surface area contributed by atoms with Gasteiger partial charge in [0.05, 0.1) is 0 Å². The van der Waals surface area contributed by atoms with Crippen molar-refractivity contribution in [3.63, 3.8) is 0 Å². The molecule has 0 aliphatic rings. The third kappa shape index (κ3) is 6.22. The van der Waals surface area contributed by atoms with Crippen molar-refractivity contribution in [2.45, 2.75) is 77.2 Å². The molecule has 0 saturated heterocycles. The van der Waals surface area contributed by atoms with Gasteiger partial charge in [0.1, 0.15) is 0 Å². The van der Waals surface area contributed by atoms with Crippen molar-refractivity contribution in [1.82, 2.24) is 0 Å². The summed E-state index contributed by atoms with van der Waals surface area (Å²) < 4.78 is 0. The van der Waals surface area contributed by atoms with Gasteiger partial charge in [-0.1, -0.05) is 77.2 Å². The fourth-order valence-corrected chi connectivity index (χ4v) is 3.90. The molecule has 0 aliphatic heterocycles. The Hall–Kier alpha value is 0. The van der Waals surface area contributed by atoms with Gasteiger partial charge in [0.25, 0.3) is 0 Å². The van der Waals surface area contributed by atoms with Crippen LogP contribution in [0.3, 0.4) is 0 Å². The molecule has 96 valence electrons. The Morgan fingerprint density at radius 3 is 0.600 bits per heavy atom. The van der Waals surface area contributed by atoms with Crippen LogP contribution in [-0.2, 0) is 0 Å². The van der Waals surface area contributed by atoms with Crippen LogP contribution in [0, 0.1) is 22.2 Å². The van der Waals surface area contributed by atoms with E-state index in [9.17, 15) is 0 Å². The van der Waals surface area contributed by atoms with Crippen molar-refractivity contribution >= 4 is 0 Å². The molecule has 0 nitrogen and oxygen atoms in total. The van der Waals surface area contributed by atoms with E-state index >= 15 is 0 Å². The molecule has 0 aliphatic carbocycles. The molecule has 15 heavy (non-hydrogen) atoms. The van der Waals surface area contributed by atoms with E-state index < -0.39 is 0 Å². The van der Waals surface area contributed by atoms with Crippen LogP contribution in [0.2, 0.25) is 0 Å². The van der Waals surface area contributed by atoms with Crippen LogP contribution in [0.4, 0.5) is 0 Å². The monoisotopic (exact) mass is 216 g/mol. The molecule has 0 bridgehead atoms. The predicted molar refractivity (Wildman–Crippen MR) is 75.3 cm³/mol. The summed E-state index contributed by atoms with van der Waals surface area (Å²) in [5.74, 6) is 0.729. The first-order valence-corrected chi connectivity index (χ1v) is 5.37. The Balaban J connectivity index is -0.000000720. The highest BCUT2D eigenvalue weighted by Gasteiger charge is 2.42. The summed E-state index contributed by atoms with van der Waals surface area (Å²) >= 11 is 0. The lowest BCUT2D eigenvalue weighted by molar-refractivity contribution is 0.00271. The van der Waals surface area contributed by atoms with Gasteiger partial charge in [-0.15, -0.1) is 0 Å². The van der Waals surface area contributed by atoms with E-state index in [2.05, 4.69) is 62.3 Å². The van der Waals surface area contributed by atoms with Crippen LogP contribution in [0.1, 0.15) is 77.2 Å². The average Bonchev–Trinajstić information content (AvgIpc) is 1.44. The van der Waals surface area contributed by atoms with E-state index in [1.54, 1.807) is 0 Å². The van der Waals surface area contributed by atoms with Crippen LogP contribution in [0.5, 0.6) is 0 Å². The third-order valence-corrected chi connectivity index (χ3v) is 2.60. The van der Waals surface area contributed by atoms with Gasteiger partial charge in [-0.25, -0.2) is 0 Å². The van der Waals surface area contributed by atoms with Gasteiger partial charge in [0.15, 0.2) is 0 Å². The molecule has 0 heterocycles. The number of rotatable bonds is 0. The van der Waals surface area contributed by atoms with Gasteiger partial charge >= 0.3 is 0 Å². The summed E-state index contributed by atoms with van der Waals surface area (Å²) in [6.07, 6.45) is 0. The van der Waals surface area contributed by atoms with E-state index in [1.807, 2.05) is 0 Å². The Kier molecular flexibility index (Phi) is 7.30. The van der Waals surface area contributed by atoms with Gasteiger partial charge in [0, 0.05) is 0 Å². The van der Waals surface area contributed by atoms with Crippen molar-refractivity contribution in [2.24, 2.45) is 22.2 Å². The number of hydrogen-bond donors (Lipinski definition) is 0. The minimum Gasteiger partial charge on any atom is -0.0776 e. The first-order chi connectivity index (χ1) is 5.37. The lowest BCUT2D eigenvalue weighted by Crippen LogP contribution is -2.41. The van der Waals surface area contributed by atoms with Crippen molar-refractivity contribution < 1.29 is 0 Å². The molecule has 0 atom stereocenters. The van der Waals surface area contributed by atoms with Gasteiger partial charge in [-0.2, -0.15) is 0 Å². The van der Waals surface area contributed by atoms with Crippen LogP contribution in [0.15, 0.2) is 0 Å². The van der Waals surface area contributed by atoms with Crippen molar-refractivity contribution in [1.29, 1.82) is 0 Å². The maximum atomic E-state index is 2.36. The molecule has 0 amide bonds. The fourth-order valence-electron chi connectivity index (χ4n) is 3.90. The highest BCUT2D eigenvalue weighted by Crippen LogP contribution is 2.49. The minimum absolute atomic E-state index is 0. The van der Waals surface area contributed by atoms with E-state index in [1.165, 1.54) is 0 Å². The van der Waals surface area contributed by atoms with Crippen molar-refractivity contribution in [3.05, 3.63) is 0 Å². The van der Waals surface area contributed by atoms with Crippen LogP contribution in [0.25, 0.3) is 0 Å². The normalized spacial score (nSPS) is 13.2. The second-order valence-electron chi connectivity index (χ2n) is 7.53. The quantitative estimate of drug-likeness (QED) is 0.465. The Labute approximate surface area is 99.9 Å². The van der Waals surface area contributed by atoms with E-state index in [0.29, 0.717) is 16.2 Å². The standard InChI is InChI=1S/C13H28.2CH4/c1-11(2,3)10(12(4,5)6)13(7,8)9;;/h10H,1-9H3;2*1H4. The van der Waals surface area contributed by atoms with Gasteiger partial charge in [0.2, 0.25) is 0 Å². The zero-order valence-corrected chi connectivity index (χ0v) is 11.1. The van der Waals surface area contributed by atoms with E-state index in [-0.39, 0.29) is 14.9 Å². The van der Waals surface area contributed by atoms with Crippen molar-refractivity contribution in [2.75, 3.05) is 0 Å². The second-order valence-corrected chi connectivity index (χ2v) is 7.53. The zero-order valence-electron chi connectivity index (χ0n) is 11.1. The van der Waals surface area contributed by atoms with Gasteiger partial charge in [-0.3, -0.25) is 0 Å². The van der Waals surface area contributed by atoms with Crippen LogP contribution >= 0.6 is 0 Å². The lowest BCUT2D eigenvalue weighted by atomic mass is 9.56. The maximum absolute atomic E-state index is 2.36. The molecule has 0 aromatic rings. The summed E-state index contributed by atoms with van der Waals surface area (Å²) in [6.45, 7) is 21.2. The largest absolute Gasteiger partial charge is 0.0776 e. The highest BCUT2D eigenvalue weighted by molar-refractivity contribution is 4.91. The Morgan fingerprint density at radius 2 is 0.600 bits per heavy atom. The highest BCUT2D eigenvalue weighted by atomic mass is 14.5. The first kappa shape index (κ1) is 20.4. The summed E-state index contributed by atoms with van der Waals surface area (Å²) in [4.78, 5) is 0. The molecule has 0 heteroatoms. The van der Waals surface area contributed by atoms with Crippen molar-refractivity contribution in [3.8, 4) is 0 Å². The van der Waals surface area contributed by atoms with E-state index in [4.69, 9.17) is 0 Å². The summed E-state index contributed by atoms with van der Waals surface area (Å²) in [5.41, 5.74) is 1.16. The van der Waals surface area contributed by atoms with Gasteiger partial charge < -0.3 is 0 Å². The number of hydrogen-bond acceptors (Lipinski definition) is 0. The summed E-state index contributed by atoms with van der Waals surface area (Å²) in [7, 11) is 0. The predicted octanol–water partition coefficient (Wildman–Crippen LogP) is 6.01. The zero-order chi connectivity index (χ0) is 11.1. The van der Waals surface area contributed by atoms with Crippen LogP contribution < -0.4 is 0 Å². The molecule has 0 N–H and O–H groups in total. The lowest BCUT2D eigenvalue weighted by Gasteiger charge is -2.49. The average molecular weight is 216 g/mol. The molecule has 0 fully saturated rings. The Bertz CT molecular complexity index is 123. The molecule has 0 aromatic carbocycles. The van der Waals surface area contributed by atoms with Crippen LogP contribution in [-0.4, -0.2) is 0 Å². The first-order valence-electron chi connectivity index (χ1n) is 5.37. The smallest absolute Gasteiger partial charge is 0.0268 e. The molecular weight excluding hydrogens is 180 g/mol. The molecule has 0 unspecified atom stereocenters. The molecule has 0 rings (SSSR count). The molecule has 0 aromatic heterocycles. The third-order valence-electron chi connectivity index (χ3n) is 2.60. The topological polar surface area (TPSA) is 0 Å². The molecule has 0 spiro atoms. The van der Waals surface area contributed by atoms with Gasteiger partial charge in [-0.05, 0) is 22.2 Å². The molecular formula is C15H36. The van der Waals surface area contributed by atoms with E-state index in [0.717, 1.165) is 5.92 Å². The second kappa shape index (κ2) is 5.37. The Morgan fingerprint density at radius 1 is 0.467 bits per heavy atom. The minimum atomic E-state index is 0. The summed E-state index contributed by atoms with van der Waals surface area (Å²) in [5, 5.41) is 0. The fraction of sp³-hybridized carbons (Fsp3) is 1.00.